The van der Waals surface area contributed by atoms with Crippen molar-refractivity contribution in [2.24, 2.45) is 0 Å². The van der Waals surface area contributed by atoms with Crippen molar-refractivity contribution in [3.05, 3.63) is 0 Å². The summed E-state index contributed by atoms with van der Waals surface area (Å²) < 4.78 is 0. The average molecular weight is 215 g/mol. The Morgan fingerprint density at radius 3 is 2.50 bits per heavy atom. The van der Waals surface area contributed by atoms with Crippen LogP contribution in [0.25, 0.3) is 0 Å². The normalized spacial score (nSPS) is 39.4. The lowest BCUT2D eigenvalue weighted by atomic mass is 10.00. The van der Waals surface area contributed by atoms with E-state index in [-0.39, 0.29) is 6.10 Å². The SMILES string of the molecule is N#CC(Cl)CN1C2CCC1CC(O)C2. The summed E-state index contributed by atoms with van der Waals surface area (Å²) in [6, 6.07) is 2.97. The van der Waals surface area contributed by atoms with Gasteiger partial charge >= 0.3 is 0 Å². The number of halogens is 1. The van der Waals surface area contributed by atoms with Gasteiger partial charge in [0, 0.05) is 18.6 Å². The first-order chi connectivity index (χ1) is 6.70. The zero-order valence-electron chi connectivity index (χ0n) is 8.06. The number of hydrogen-bond acceptors (Lipinski definition) is 3. The maximum absolute atomic E-state index is 9.57. The molecule has 3 nitrogen and oxygen atoms in total. The molecule has 0 aromatic heterocycles. The van der Waals surface area contributed by atoms with Crippen LogP contribution in [0.3, 0.4) is 0 Å². The van der Waals surface area contributed by atoms with Gasteiger partial charge in [0.2, 0.25) is 0 Å². The molecule has 2 aliphatic heterocycles. The highest BCUT2D eigenvalue weighted by Crippen LogP contribution is 2.35. The van der Waals surface area contributed by atoms with Gasteiger partial charge in [-0.25, -0.2) is 0 Å². The van der Waals surface area contributed by atoms with Crippen molar-refractivity contribution in [3.8, 4) is 6.07 Å². The van der Waals surface area contributed by atoms with Crippen molar-refractivity contribution in [1.29, 1.82) is 5.26 Å². The van der Waals surface area contributed by atoms with Crippen LogP contribution < -0.4 is 0 Å². The fraction of sp³-hybridized carbons (Fsp3) is 0.900. The van der Waals surface area contributed by atoms with Crippen LogP contribution in [0.5, 0.6) is 0 Å². The van der Waals surface area contributed by atoms with E-state index in [0.29, 0.717) is 18.6 Å². The number of piperidine rings is 1. The van der Waals surface area contributed by atoms with Gasteiger partial charge in [-0.1, -0.05) is 0 Å². The molecule has 0 spiro atoms. The Bertz CT molecular complexity index is 239. The van der Waals surface area contributed by atoms with Crippen LogP contribution in [-0.2, 0) is 0 Å². The Kier molecular flexibility index (Phi) is 2.96. The highest BCUT2D eigenvalue weighted by Gasteiger charge is 2.40. The topological polar surface area (TPSA) is 47.3 Å². The number of alkyl halides is 1. The predicted octanol–water partition coefficient (Wildman–Crippen LogP) is 1.11. The quantitative estimate of drug-likeness (QED) is 0.701. The lowest BCUT2D eigenvalue weighted by Gasteiger charge is -2.37. The summed E-state index contributed by atoms with van der Waals surface area (Å²) in [5, 5.41) is 17.8. The molecule has 2 aliphatic rings. The van der Waals surface area contributed by atoms with Gasteiger partial charge in [0.05, 0.1) is 12.2 Å². The van der Waals surface area contributed by atoms with Gasteiger partial charge in [-0.3, -0.25) is 4.90 Å². The second-order valence-corrected chi connectivity index (χ2v) is 4.83. The van der Waals surface area contributed by atoms with Gasteiger partial charge in [-0.15, -0.1) is 11.6 Å². The maximum atomic E-state index is 9.57. The Balaban J connectivity index is 1.98. The fourth-order valence-electron chi connectivity index (χ4n) is 2.77. The highest BCUT2D eigenvalue weighted by atomic mass is 35.5. The van der Waals surface area contributed by atoms with Gasteiger partial charge < -0.3 is 5.11 Å². The molecular formula is C10H15ClN2O. The molecule has 1 N–H and O–H groups in total. The largest absolute Gasteiger partial charge is 0.393 e. The van der Waals surface area contributed by atoms with E-state index in [1.807, 2.05) is 0 Å². The standard InChI is InChI=1S/C10H15ClN2O/c11-7(5-12)6-13-8-1-2-9(13)4-10(14)3-8/h7-10,14H,1-4,6H2. The number of aliphatic hydroxyl groups excluding tert-OH is 1. The molecule has 0 aromatic rings. The molecular weight excluding hydrogens is 200 g/mol. The molecule has 2 fully saturated rings. The summed E-state index contributed by atoms with van der Waals surface area (Å²) in [4.78, 5) is 2.31. The van der Waals surface area contributed by atoms with E-state index in [0.717, 1.165) is 25.7 Å². The highest BCUT2D eigenvalue weighted by molar-refractivity contribution is 6.22. The molecule has 2 saturated heterocycles. The minimum absolute atomic E-state index is 0.139. The molecule has 0 saturated carbocycles. The van der Waals surface area contributed by atoms with Gasteiger partial charge in [0.25, 0.3) is 0 Å². The maximum Gasteiger partial charge on any atom is 0.133 e. The van der Waals surface area contributed by atoms with Crippen molar-refractivity contribution in [2.75, 3.05) is 6.54 Å². The van der Waals surface area contributed by atoms with Crippen molar-refractivity contribution < 1.29 is 5.11 Å². The van der Waals surface area contributed by atoms with Crippen LogP contribution in [0.15, 0.2) is 0 Å². The molecule has 0 aliphatic carbocycles. The second kappa shape index (κ2) is 4.06. The Labute approximate surface area is 89.3 Å². The predicted molar refractivity (Wildman–Crippen MR) is 54.0 cm³/mol. The first-order valence-electron chi connectivity index (χ1n) is 5.18. The molecule has 3 atom stereocenters. The number of nitriles is 1. The molecule has 78 valence electrons. The monoisotopic (exact) mass is 214 g/mol. The smallest absolute Gasteiger partial charge is 0.133 e. The molecule has 0 radical (unpaired) electrons. The van der Waals surface area contributed by atoms with Crippen LogP contribution in [0.1, 0.15) is 25.7 Å². The summed E-state index contributed by atoms with van der Waals surface area (Å²) in [5.74, 6) is 0. The molecule has 14 heavy (non-hydrogen) atoms. The first-order valence-corrected chi connectivity index (χ1v) is 5.62. The van der Waals surface area contributed by atoms with Crippen LogP contribution in [0.2, 0.25) is 0 Å². The minimum Gasteiger partial charge on any atom is -0.393 e. The van der Waals surface area contributed by atoms with Crippen LogP contribution in [0.4, 0.5) is 0 Å². The van der Waals surface area contributed by atoms with E-state index in [9.17, 15) is 5.11 Å². The molecule has 2 bridgehead atoms. The van der Waals surface area contributed by atoms with Gasteiger partial charge in [-0.05, 0) is 25.7 Å². The molecule has 4 heteroatoms. The first kappa shape index (κ1) is 10.2. The number of hydrogen-bond donors (Lipinski definition) is 1. The lowest BCUT2D eigenvalue weighted by molar-refractivity contribution is 0.0372. The third-order valence-electron chi connectivity index (χ3n) is 3.37. The van der Waals surface area contributed by atoms with E-state index in [2.05, 4.69) is 11.0 Å². The Hall–Kier alpha value is -0.300. The third-order valence-corrected chi connectivity index (χ3v) is 3.61. The Morgan fingerprint density at radius 2 is 2.00 bits per heavy atom. The van der Waals surface area contributed by atoms with Crippen molar-refractivity contribution in [2.45, 2.75) is 49.2 Å². The third kappa shape index (κ3) is 1.88. The summed E-state index contributed by atoms with van der Waals surface area (Å²) >= 11 is 5.83. The van der Waals surface area contributed by atoms with E-state index >= 15 is 0 Å². The zero-order chi connectivity index (χ0) is 10.1. The van der Waals surface area contributed by atoms with Crippen molar-refractivity contribution in [3.63, 3.8) is 0 Å². The minimum atomic E-state index is -0.409. The van der Waals surface area contributed by atoms with E-state index in [1.54, 1.807) is 0 Å². The second-order valence-electron chi connectivity index (χ2n) is 4.30. The van der Waals surface area contributed by atoms with Gasteiger partial charge in [-0.2, -0.15) is 5.26 Å². The molecule has 0 amide bonds. The van der Waals surface area contributed by atoms with E-state index < -0.39 is 5.38 Å². The van der Waals surface area contributed by atoms with E-state index in [1.165, 1.54) is 0 Å². The lowest BCUT2D eigenvalue weighted by Crippen LogP contribution is -2.46. The Morgan fingerprint density at radius 1 is 1.43 bits per heavy atom. The fourth-order valence-corrected chi connectivity index (χ4v) is 2.93. The number of aliphatic hydroxyl groups is 1. The molecule has 2 rings (SSSR count). The molecule has 0 aromatic carbocycles. The summed E-state index contributed by atoms with van der Waals surface area (Å²) in [7, 11) is 0. The van der Waals surface area contributed by atoms with Gasteiger partial charge in [0.1, 0.15) is 5.38 Å². The number of fused-ring (bicyclic) bond motifs is 2. The number of rotatable bonds is 2. The van der Waals surface area contributed by atoms with Crippen LogP contribution in [-0.4, -0.2) is 40.1 Å². The van der Waals surface area contributed by atoms with Crippen molar-refractivity contribution in [1.82, 2.24) is 4.90 Å². The van der Waals surface area contributed by atoms with Crippen LogP contribution >= 0.6 is 11.6 Å². The van der Waals surface area contributed by atoms with Crippen molar-refractivity contribution >= 4 is 11.6 Å². The van der Waals surface area contributed by atoms with E-state index in [4.69, 9.17) is 16.9 Å². The van der Waals surface area contributed by atoms with Crippen LogP contribution in [0, 0.1) is 11.3 Å². The molecule has 3 unspecified atom stereocenters. The summed E-state index contributed by atoms with van der Waals surface area (Å²) in [5.41, 5.74) is 0. The summed E-state index contributed by atoms with van der Waals surface area (Å²) in [6.45, 7) is 0.653. The number of nitrogens with zero attached hydrogens (tertiary/aromatic N) is 2. The zero-order valence-corrected chi connectivity index (χ0v) is 8.82. The average Bonchev–Trinajstić information content (AvgIpc) is 2.41. The summed E-state index contributed by atoms with van der Waals surface area (Å²) in [6.07, 6.45) is 3.87. The van der Waals surface area contributed by atoms with Gasteiger partial charge in [0.15, 0.2) is 0 Å². The molecule has 2 heterocycles.